The van der Waals surface area contributed by atoms with Gasteiger partial charge >= 0.3 is 6.18 Å². The van der Waals surface area contributed by atoms with Crippen molar-refractivity contribution in [3.8, 4) is 11.5 Å². The molecule has 0 saturated heterocycles. The molecule has 0 fully saturated rings. The number of rotatable bonds is 6. The third kappa shape index (κ3) is 5.83. The van der Waals surface area contributed by atoms with Crippen molar-refractivity contribution in [3.63, 3.8) is 0 Å². The Kier molecular flexibility index (Phi) is 4.23. The first-order chi connectivity index (χ1) is 16.0. The van der Waals surface area contributed by atoms with Crippen molar-refractivity contribution in [3.05, 3.63) is 47.9 Å². The Morgan fingerprint density at radius 3 is 2.60 bits per heavy atom. The Hall–Kier alpha value is -3.34. The largest absolute Gasteiger partial charge is 0.433 e. The molecular weight excluding hydrogens is 399 g/mol. The molecule has 0 aliphatic rings. The fourth-order valence-corrected chi connectivity index (χ4v) is 2.25. The monoisotopic (exact) mass is 424 g/mol. The Morgan fingerprint density at radius 1 is 1.13 bits per heavy atom. The first-order valence-corrected chi connectivity index (χ1v) is 8.50. The lowest BCUT2D eigenvalue weighted by molar-refractivity contribution is -0.141. The summed E-state index contributed by atoms with van der Waals surface area (Å²) in [6.07, 6.45) is -3.25. The molecule has 11 heteroatoms. The van der Waals surface area contributed by atoms with Crippen LogP contribution in [0.5, 0.6) is 0 Å². The number of nitrogens with zero attached hydrogens (tertiary/aromatic N) is 5. The second-order valence-corrected chi connectivity index (χ2v) is 6.35. The molecule has 0 spiro atoms. The molecule has 3 N–H and O–H groups in total. The second-order valence-electron chi connectivity index (χ2n) is 6.35. The molecule has 0 radical (unpaired) electrons. The molecule has 3 aromatic rings. The highest BCUT2D eigenvalue weighted by molar-refractivity contribution is 5.59. The number of alkyl halides is 3. The number of hydrogen-bond acceptors (Lipinski definition) is 8. The van der Waals surface area contributed by atoms with E-state index >= 15 is 0 Å². The van der Waals surface area contributed by atoms with E-state index in [9.17, 15) is 18.3 Å². The molecule has 1 unspecified atom stereocenters. The van der Waals surface area contributed by atoms with Gasteiger partial charge in [0, 0.05) is 28.2 Å². The highest BCUT2D eigenvalue weighted by Gasteiger charge is 2.32. The predicted molar refractivity (Wildman–Crippen MR) is 105 cm³/mol. The molecule has 3 rings (SSSR count). The fourth-order valence-electron chi connectivity index (χ4n) is 2.25. The van der Waals surface area contributed by atoms with Crippen molar-refractivity contribution in [2.75, 3.05) is 17.1 Å². The van der Waals surface area contributed by atoms with Crippen LogP contribution in [0.2, 0.25) is 0 Å². The quantitative estimate of drug-likeness (QED) is 0.551. The molecule has 3 heterocycles. The lowest BCUT2D eigenvalue weighted by Crippen LogP contribution is -2.30. The van der Waals surface area contributed by atoms with Crippen LogP contribution >= 0.6 is 0 Å². The van der Waals surface area contributed by atoms with Crippen LogP contribution in [0.15, 0.2) is 36.5 Å². The zero-order valence-electron chi connectivity index (χ0n) is 20.8. The summed E-state index contributed by atoms with van der Waals surface area (Å²) in [7, 11) is 0. The molecule has 1 atom stereocenters. The molecule has 0 aromatic carbocycles. The molecule has 0 aliphatic carbocycles. The summed E-state index contributed by atoms with van der Waals surface area (Å²) < 4.78 is 78.0. The molecule has 3 aromatic heterocycles. The second kappa shape index (κ2) is 8.19. The van der Waals surface area contributed by atoms with E-state index < -0.39 is 36.8 Å². The maximum atomic E-state index is 13.2. The topological polar surface area (TPSA) is 109 Å². The Morgan fingerprint density at radius 2 is 1.90 bits per heavy atom. The SMILES string of the molecule is [2H]C([2H])([2H])C(C)(O)C([2H])([2H])Nc1nc(Nc2ccnc(C)c2)nc(-c2cccc(C(F)(F)F)n2)n1. The van der Waals surface area contributed by atoms with Crippen LogP contribution in [-0.2, 0) is 6.18 Å². The standard InChI is InChI=1S/C19H20F3N7O/c1-11-9-12(7-8-23-11)25-17-28-15(27-16(29-17)24-10-18(2,3)30)13-5-4-6-14(26-13)19(20,21)22/h4-9,30H,10H2,1-3H3,(H2,23,24,25,27,28,29)/i2D3,10D2. The summed E-state index contributed by atoms with van der Waals surface area (Å²) in [6.45, 7) is -3.66. The van der Waals surface area contributed by atoms with Gasteiger partial charge in [0.15, 0.2) is 5.82 Å². The smallest absolute Gasteiger partial charge is 0.389 e. The molecule has 0 bridgehead atoms. The minimum Gasteiger partial charge on any atom is -0.389 e. The van der Waals surface area contributed by atoms with Crippen LogP contribution in [0.3, 0.4) is 0 Å². The van der Waals surface area contributed by atoms with Gasteiger partial charge in [-0.05, 0) is 45.0 Å². The van der Waals surface area contributed by atoms with Gasteiger partial charge in [-0.25, -0.2) is 4.98 Å². The van der Waals surface area contributed by atoms with Gasteiger partial charge in [0.25, 0.3) is 0 Å². The zero-order valence-corrected chi connectivity index (χ0v) is 15.8. The van der Waals surface area contributed by atoms with Crippen LogP contribution in [0, 0.1) is 6.92 Å². The summed E-state index contributed by atoms with van der Waals surface area (Å²) in [5.41, 5.74) is -3.31. The number of aryl methyl sites for hydroxylation is 1. The molecule has 0 aliphatic heterocycles. The van der Waals surface area contributed by atoms with E-state index in [0.29, 0.717) is 11.4 Å². The summed E-state index contributed by atoms with van der Waals surface area (Å²) in [4.78, 5) is 19.5. The summed E-state index contributed by atoms with van der Waals surface area (Å²) in [5, 5.41) is 15.3. The van der Waals surface area contributed by atoms with Crippen LogP contribution in [0.1, 0.15) is 32.0 Å². The average molecular weight is 424 g/mol. The lowest BCUT2D eigenvalue weighted by atomic mass is 10.1. The van der Waals surface area contributed by atoms with E-state index in [-0.39, 0.29) is 17.5 Å². The van der Waals surface area contributed by atoms with E-state index in [1.54, 1.807) is 19.1 Å². The third-order valence-electron chi connectivity index (χ3n) is 3.47. The van der Waals surface area contributed by atoms with Gasteiger partial charge in [0.1, 0.15) is 11.4 Å². The van der Waals surface area contributed by atoms with Gasteiger partial charge in [0.05, 0.1) is 8.34 Å². The van der Waals surface area contributed by atoms with Crippen molar-refractivity contribution < 1.29 is 25.1 Å². The van der Waals surface area contributed by atoms with Crippen LogP contribution in [0.4, 0.5) is 30.8 Å². The summed E-state index contributed by atoms with van der Waals surface area (Å²) in [5.74, 6) is -1.14. The number of hydrogen-bond donors (Lipinski definition) is 3. The minimum atomic E-state index is -4.74. The number of anilines is 3. The first-order valence-electron chi connectivity index (χ1n) is 11.0. The average Bonchev–Trinajstić information content (AvgIpc) is 2.72. The van der Waals surface area contributed by atoms with Crippen LogP contribution in [0.25, 0.3) is 11.5 Å². The van der Waals surface area contributed by atoms with E-state index in [0.717, 1.165) is 19.1 Å². The summed E-state index contributed by atoms with van der Waals surface area (Å²) >= 11 is 0. The molecular formula is C19H20F3N7O. The number of pyridine rings is 2. The Labute approximate surface area is 177 Å². The van der Waals surface area contributed by atoms with E-state index in [4.69, 9.17) is 6.85 Å². The highest BCUT2D eigenvalue weighted by atomic mass is 19.4. The molecule has 0 saturated carbocycles. The van der Waals surface area contributed by atoms with E-state index in [2.05, 4.69) is 35.6 Å². The molecule has 30 heavy (non-hydrogen) atoms. The maximum Gasteiger partial charge on any atom is 0.433 e. The van der Waals surface area contributed by atoms with Crippen molar-refractivity contribution in [2.45, 2.75) is 32.5 Å². The maximum absolute atomic E-state index is 13.2. The number of nitrogens with one attached hydrogen (secondary N) is 2. The van der Waals surface area contributed by atoms with Crippen molar-refractivity contribution in [1.82, 2.24) is 24.9 Å². The van der Waals surface area contributed by atoms with Crippen LogP contribution in [-0.4, -0.2) is 42.1 Å². The minimum absolute atomic E-state index is 0.216. The predicted octanol–water partition coefficient (Wildman–Crippen LogP) is 3.58. The zero-order chi connectivity index (χ0) is 26.2. The third-order valence-corrected chi connectivity index (χ3v) is 3.47. The normalized spacial score (nSPS) is 16.9. The van der Waals surface area contributed by atoms with Gasteiger partial charge < -0.3 is 15.7 Å². The van der Waals surface area contributed by atoms with Gasteiger partial charge in [-0.2, -0.15) is 28.1 Å². The lowest BCUT2D eigenvalue weighted by Gasteiger charge is -2.18. The van der Waals surface area contributed by atoms with Crippen LogP contribution < -0.4 is 10.6 Å². The highest BCUT2D eigenvalue weighted by Crippen LogP contribution is 2.29. The fraction of sp³-hybridized carbons (Fsp3) is 0.316. The van der Waals surface area contributed by atoms with Crippen molar-refractivity contribution in [2.24, 2.45) is 0 Å². The van der Waals surface area contributed by atoms with Crippen molar-refractivity contribution in [1.29, 1.82) is 0 Å². The van der Waals surface area contributed by atoms with Crippen molar-refractivity contribution >= 4 is 17.6 Å². The number of aliphatic hydroxyl groups is 1. The van der Waals surface area contributed by atoms with E-state index in [1.165, 1.54) is 12.3 Å². The molecule has 0 amide bonds. The number of halogens is 3. The molecule has 8 nitrogen and oxygen atoms in total. The van der Waals surface area contributed by atoms with E-state index in [1.807, 2.05) is 0 Å². The Bertz CT molecular complexity index is 1220. The van der Waals surface area contributed by atoms with Gasteiger partial charge in [-0.3, -0.25) is 4.98 Å². The number of aromatic nitrogens is 5. The first kappa shape index (κ1) is 15.5. The Balaban J connectivity index is 2.10. The van der Waals surface area contributed by atoms with Gasteiger partial charge in [-0.1, -0.05) is 6.07 Å². The molecule has 158 valence electrons. The van der Waals surface area contributed by atoms with Gasteiger partial charge in [-0.15, -0.1) is 0 Å². The van der Waals surface area contributed by atoms with Gasteiger partial charge in [0.2, 0.25) is 11.9 Å². The summed E-state index contributed by atoms with van der Waals surface area (Å²) in [6, 6.07) is 6.25.